The molecule has 3 aliphatic heterocycles. The van der Waals surface area contributed by atoms with Crippen molar-refractivity contribution in [1.29, 1.82) is 0 Å². The van der Waals surface area contributed by atoms with Crippen LogP contribution in [-0.4, -0.2) is 69.5 Å². The van der Waals surface area contributed by atoms with Gasteiger partial charge in [-0.25, -0.2) is 4.68 Å². The van der Waals surface area contributed by atoms with E-state index in [1.54, 1.807) is 6.20 Å². The summed E-state index contributed by atoms with van der Waals surface area (Å²) >= 11 is 0. The number of carbonyl (C=O) groups is 1. The van der Waals surface area contributed by atoms with Gasteiger partial charge in [-0.2, -0.15) is 0 Å². The molecule has 4 heterocycles. The minimum Gasteiger partial charge on any atom is -0.370 e. The summed E-state index contributed by atoms with van der Waals surface area (Å²) in [5.41, 5.74) is 1.01. The van der Waals surface area contributed by atoms with Gasteiger partial charge in [0, 0.05) is 19.5 Å². The van der Waals surface area contributed by atoms with Gasteiger partial charge in [0.2, 0.25) is 5.91 Å². The Bertz CT molecular complexity index is 554. The first-order chi connectivity index (χ1) is 11.3. The van der Waals surface area contributed by atoms with Crippen LogP contribution < -0.4 is 0 Å². The van der Waals surface area contributed by atoms with Gasteiger partial charge in [0.05, 0.1) is 30.6 Å². The van der Waals surface area contributed by atoms with E-state index in [1.807, 2.05) is 9.58 Å². The number of aromatic nitrogens is 3. The van der Waals surface area contributed by atoms with Crippen LogP contribution in [-0.2, 0) is 16.1 Å². The average molecular weight is 319 g/mol. The first kappa shape index (κ1) is 15.1. The molecule has 3 aliphatic rings. The fourth-order valence-electron chi connectivity index (χ4n) is 4.02. The molecule has 4 rings (SSSR count). The first-order valence-corrected chi connectivity index (χ1v) is 8.82. The molecule has 1 aromatic rings. The molecule has 0 unspecified atom stereocenters. The van der Waals surface area contributed by atoms with Gasteiger partial charge in [0.15, 0.2) is 0 Å². The zero-order chi connectivity index (χ0) is 15.6. The van der Waals surface area contributed by atoms with Crippen LogP contribution in [0.3, 0.4) is 0 Å². The summed E-state index contributed by atoms with van der Waals surface area (Å²) in [6.07, 6.45) is 7.05. The number of rotatable bonds is 4. The largest absolute Gasteiger partial charge is 0.370 e. The summed E-state index contributed by atoms with van der Waals surface area (Å²) in [5.74, 6) is 0.273. The number of nitrogens with zero attached hydrogens (tertiary/aromatic N) is 5. The van der Waals surface area contributed by atoms with Crippen LogP contribution in [0.4, 0.5) is 0 Å². The average Bonchev–Trinajstić information content (AvgIpc) is 3.25. The Balaban J connectivity index is 1.31. The van der Waals surface area contributed by atoms with Crippen molar-refractivity contribution < 1.29 is 9.53 Å². The molecule has 2 atom stereocenters. The van der Waals surface area contributed by atoms with Crippen LogP contribution in [0.5, 0.6) is 0 Å². The number of ether oxygens (including phenoxy) is 1. The van der Waals surface area contributed by atoms with Gasteiger partial charge in [-0.15, -0.1) is 5.10 Å². The fraction of sp³-hybridized carbons (Fsp3) is 0.812. The molecule has 0 radical (unpaired) electrons. The molecule has 2 saturated heterocycles. The Morgan fingerprint density at radius 2 is 2.17 bits per heavy atom. The number of carbonyl (C=O) groups excluding carboxylic acids is 1. The summed E-state index contributed by atoms with van der Waals surface area (Å²) in [6, 6.07) is 0.123. The molecular weight excluding hydrogens is 294 g/mol. The summed E-state index contributed by atoms with van der Waals surface area (Å²) < 4.78 is 7.85. The summed E-state index contributed by atoms with van der Waals surface area (Å²) in [7, 11) is 0. The highest BCUT2D eigenvalue weighted by atomic mass is 16.5. The van der Waals surface area contributed by atoms with Gasteiger partial charge >= 0.3 is 0 Å². The molecule has 0 aliphatic carbocycles. The maximum atomic E-state index is 12.5. The second-order valence-corrected chi connectivity index (χ2v) is 6.87. The Hall–Kier alpha value is -1.47. The van der Waals surface area contributed by atoms with Crippen molar-refractivity contribution in [2.24, 2.45) is 0 Å². The zero-order valence-corrected chi connectivity index (χ0v) is 13.6. The molecule has 7 nitrogen and oxygen atoms in total. The van der Waals surface area contributed by atoms with Gasteiger partial charge in [-0.05, 0) is 45.3 Å². The predicted molar refractivity (Wildman–Crippen MR) is 83.7 cm³/mol. The number of hydrogen-bond donors (Lipinski definition) is 0. The summed E-state index contributed by atoms with van der Waals surface area (Å²) in [5, 5.41) is 8.17. The number of likely N-dealkylation sites (tertiary alicyclic amines) is 2. The topological polar surface area (TPSA) is 63.5 Å². The molecule has 0 bridgehead atoms. The van der Waals surface area contributed by atoms with Gasteiger partial charge in [0.25, 0.3) is 0 Å². The number of piperidine rings is 1. The lowest BCUT2D eigenvalue weighted by Gasteiger charge is -2.41. The predicted octanol–water partition coefficient (Wildman–Crippen LogP) is 0.826. The van der Waals surface area contributed by atoms with Gasteiger partial charge in [-0.1, -0.05) is 5.21 Å². The third-order valence-electron chi connectivity index (χ3n) is 5.34. The Morgan fingerprint density at radius 3 is 3.04 bits per heavy atom. The standard InChI is InChI=1S/C16H25N5O2/c22-16(4-3-8-19-6-1-2-7-19)20-9-5-15-14(11-20)21-13(12-23-15)10-17-18-21/h10,14-15H,1-9,11-12H2/t14-,15+/m0/s1. The highest BCUT2D eigenvalue weighted by molar-refractivity contribution is 5.76. The molecule has 2 fully saturated rings. The smallest absolute Gasteiger partial charge is 0.222 e. The van der Waals surface area contributed by atoms with Gasteiger partial charge in [0.1, 0.15) is 0 Å². The van der Waals surface area contributed by atoms with Crippen LogP contribution in [0, 0.1) is 0 Å². The molecule has 1 amide bonds. The van der Waals surface area contributed by atoms with E-state index >= 15 is 0 Å². The molecule has 0 N–H and O–H groups in total. The molecule has 126 valence electrons. The number of amides is 1. The molecule has 0 aromatic carbocycles. The van der Waals surface area contributed by atoms with Crippen LogP contribution in [0.1, 0.15) is 43.8 Å². The normalized spacial score (nSPS) is 27.7. The quantitative estimate of drug-likeness (QED) is 0.822. The maximum absolute atomic E-state index is 12.5. The highest BCUT2D eigenvalue weighted by Gasteiger charge is 2.37. The molecule has 7 heteroatoms. The second-order valence-electron chi connectivity index (χ2n) is 6.87. The van der Waals surface area contributed by atoms with Crippen molar-refractivity contribution in [3.63, 3.8) is 0 Å². The number of hydrogen-bond acceptors (Lipinski definition) is 5. The lowest BCUT2D eigenvalue weighted by Crippen LogP contribution is -2.49. The van der Waals surface area contributed by atoms with E-state index in [0.717, 1.165) is 31.6 Å². The molecule has 0 spiro atoms. The highest BCUT2D eigenvalue weighted by Crippen LogP contribution is 2.30. The van der Waals surface area contributed by atoms with E-state index in [0.29, 0.717) is 19.6 Å². The maximum Gasteiger partial charge on any atom is 0.222 e. The zero-order valence-electron chi connectivity index (χ0n) is 13.6. The van der Waals surface area contributed by atoms with Crippen LogP contribution >= 0.6 is 0 Å². The van der Waals surface area contributed by atoms with Crippen molar-refractivity contribution in [1.82, 2.24) is 24.8 Å². The van der Waals surface area contributed by atoms with Crippen molar-refractivity contribution in [3.05, 3.63) is 11.9 Å². The molecule has 23 heavy (non-hydrogen) atoms. The molecule has 0 saturated carbocycles. The summed E-state index contributed by atoms with van der Waals surface area (Å²) in [4.78, 5) is 17.0. The van der Waals surface area contributed by atoms with E-state index in [1.165, 1.54) is 25.9 Å². The van der Waals surface area contributed by atoms with E-state index in [9.17, 15) is 4.79 Å². The first-order valence-electron chi connectivity index (χ1n) is 8.82. The van der Waals surface area contributed by atoms with Crippen LogP contribution in [0.25, 0.3) is 0 Å². The monoisotopic (exact) mass is 319 g/mol. The summed E-state index contributed by atoms with van der Waals surface area (Å²) in [6.45, 7) is 5.54. The Morgan fingerprint density at radius 1 is 1.30 bits per heavy atom. The Kier molecular flexibility index (Phi) is 4.31. The van der Waals surface area contributed by atoms with E-state index < -0.39 is 0 Å². The van der Waals surface area contributed by atoms with Crippen molar-refractivity contribution in [2.75, 3.05) is 32.7 Å². The minimum absolute atomic E-state index is 0.123. The minimum atomic E-state index is 0.123. The lowest BCUT2D eigenvalue weighted by atomic mass is 10.00. The SMILES string of the molecule is O=C(CCCN1CCCC1)N1CC[C@H]2OCc3cnnn3[C@H]2C1. The third kappa shape index (κ3) is 3.12. The van der Waals surface area contributed by atoms with E-state index in [-0.39, 0.29) is 18.1 Å². The van der Waals surface area contributed by atoms with E-state index in [2.05, 4.69) is 15.2 Å². The second kappa shape index (κ2) is 6.57. The van der Waals surface area contributed by atoms with Crippen LogP contribution in [0.15, 0.2) is 6.20 Å². The van der Waals surface area contributed by atoms with E-state index in [4.69, 9.17) is 4.74 Å². The van der Waals surface area contributed by atoms with Gasteiger partial charge < -0.3 is 14.5 Å². The van der Waals surface area contributed by atoms with Crippen molar-refractivity contribution in [3.8, 4) is 0 Å². The third-order valence-corrected chi connectivity index (χ3v) is 5.34. The van der Waals surface area contributed by atoms with Crippen molar-refractivity contribution in [2.45, 2.75) is 50.9 Å². The number of fused-ring (bicyclic) bond motifs is 3. The lowest BCUT2D eigenvalue weighted by molar-refractivity contribution is -0.138. The van der Waals surface area contributed by atoms with Gasteiger partial charge in [-0.3, -0.25) is 4.79 Å². The van der Waals surface area contributed by atoms with Crippen LogP contribution in [0.2, 0.25) is 0 Å². The molecule has 1 aromatic heterocycles. The Labute approximate surface area is 136 Å². The van der Waals surface area contributed by atoms with Crippen molar-refractivity contribution >= 4 is 5.91 Å². The fourth-order valence-corrected chi connectivity index (χ4v) is 4.02. The molecular formula is C16H25N5O2.